The number of hydrogen-bond acceptors (Lipinski definition) is 0. The number of hydrogen-bond donors (Lipinski definition) is 0. The summed E-state index contributed by atoms with van der Waals surface area (Å²) in [5, 5.41) is 0. The molecule has 0 fully saturated rings. The summed E-state index contributed by atoms with van der Waals surface area (Å²) >= 11 is 0. The van der Waals surface area contributed by atoms with E-state index in [1.54, 1.807) is 7.55 Å². The quantitative estimate of drug-likeness (QED) is 0.323. The van der Waals surface area contributed by atoms with Crippen LogP contribution in [0.5, 0.6) is 0 Å². The van der Waals surface area contributed by atoms with E-state index in [1.807, 2.05) is 21.1 Å². The average molecular weight is 95.9 g/mol. The van der Waals surface area contributed by atoms with Gasteiger partial charge in [-0.15, -0.1) is 0 Å². The molecule has 0 aliphatic carbocycles. The van der Waals surface area contributed by atoms with Gasteiger partial charge in [0.15, 0.2) is 0 Å². The minimum absolute atomic E-state index is 0.615. The highest BCUT2D eigenvalue weighted by atomic mass is 15.2. The van der Waals surface area contributed by atoms with Gasteiger partial charge in [-0.1, -0.05) is 0 Å². The first-order valence-corrected chi connectivity index (χ1v) is 2.08. The van der Waals surface area contributed by atoms with Gasteiger partial charge in [-0.25, -0.2) is 0 Å². The van der Waals surface area contributed by atoms with Gasteiger partial charge in [-0.2, -0.15) is 0 Å². The van der Waals surface area contributed by atoms with Crippen molar-refractivity contribution in [3.8, 4) is 0 Å². The van der Waals surface area contributed by atoms with Gasteiger partial charge in [-0.05, 0) is 0 Å². The Kier molecular flexibility index (Phi) is 1.85. The van der Waals surface area contributed by atoms with Crippen LogP contribution in [0.2, 0.25) is 0 Å². The third kappa shape index (κ3) is 5.51. The second-order valence-electron chi connectivity index (χ2n) is 2.36. The van der Waals surface area contributed by atoms with Crippen LogP contribution >= 0.6 is 0 Å². The maximum Gasteiger partial charge on any atom is 0.991 e. The Morgan fingerprint density at radius 2 is 1.86 bits per heavy atom. The van der Waals surface area contributed by atoms with E-state index in [-0.39, 0.29) is 0 Å². The predicted octanol–water partition coefficient (Wildman–Crippen LogP) is 0.146. The van der Waals surface area contributed by atoms with Crippen molar-refractivity contribution in [3.63, 3.8) is 0 Å². The Bertz CT molecular complexity index is 86.8. The molecule has 0 bridgehead atoms. The zero-order valence-corrected chi connectivity index (χ0v) is 4.97. The summed E-state index contributed by atoms with van der Waals surface area (Å²) in [6.45, 7) is 6.41. The molecule has 0 aromatic rings. The highest BCUT2D eigenvalue weighted by Crippen LogP contribution is 1.83. The molecule has 7 heavy (non-hydrogen) atoms. The van der Waals surface area contributed by atoms with Crippen molar-refractivity contribution in [2.75, 3.05) is 21.1 Å². The van der Waals surface area contributed by atoms with Crippen LogP contribution in [-0.2, 0) is 0 Å². The number of rotatable bonds is 1. The van der Waals surface area contributed by atoms with E-state index in [9.17, 15) is 0 Å². The molecule has 0 unspecified atom stereocenters. The van der Waals surface area contributed by atoms with E-state index in [2.05, 4.69) is 4.76 Å². The minimum Gasteiger partial charge on any atom is -0.353 e. The monoisotopic (exact) mass is 96.1 g/mol. The molecule has 0 rings (SSSR count). The van der Waals surface area contributed by atoms with Crippen molar-refractivity contribution in [2.24, 2.45) is 0 Å². The van der Waals surface area contributed by atoms with Crippen LogP contribution in [0.15, 0.2) is 0 Å². The summed E-state index contributed by atoms with van der Waals surface area (Å²) in [7, 11) is 7.37. The van der Waals surface area contributed by atoms with Crippen LogP contribution in [0.3, 0.4) is 0 Å². The maximum atomic E-state index is 6.41. The van der Waals surface area contributed by atoms with E-state index in [0.717, 1.165) is 0 Å². The van der Waals surface area contributed by atoms with Crippen molar-refractivity contribution in [2.45, 2.75) is 0 Å². The van der Waals surface area contributed by atoms with Crippen molar-refractivity contribution < 1.29 is 4.39 Å². The Balaban J connectivity index is 3.40. The second kappa shape index (κ2) is 1.99. The van der Waals surface area contributed by atoms with Gasteiger partial charge in [0, 0.05) is 0 Å². The highest BCUT2D eigenvalue weighted by molar-refractivity contribution is 6.30. The molecule has 0 saturated heterocycles. The third-order valence-electron chi connectivity index (χ3n) is 0.404. The van der Waals surface area contributed by atoms with Crippen LogP contribution in [0.25, 0.3) is 4.76 Å². The van der Waals surface area contributed by atoms with Gasteiger partial charge < -0.3 is 9.15 Å². The van der Waals surface area contributed by atoms with Gasteiger partial charge in [0.2, 0.25) is 0 Å². The zero-order chi connectivity index (χ0) is 5.91. The van der Waals surface area contributed by atoms with E-state index < -0.39 is 0 Å². The second-order valence-corrected chi connectivity index (χ2v) is 2.36. The molecular formula is C4H9BN2+. The summed E-state index contributed by atoms with van der Waals surface area (Å²) in [5.41, 5.74) is 0. The first-order chi connectivity index (χ1) is 3.06. The molecule has 0 aromatic carbocycles. The van der Waals surface area contributed by atoms with Crippen LogP contribution in [0.1, 0.15) is 0 Å². The van der Waals surface area contributed by atoms with Gasteiger partial charge >= 0.3 is 7.55 Å². The predicted molar refractivity (Wildman–Crippen MR) is 30.4 cm³/mol. The molecule has 0 aliphatic heterocycles. The highest BCUT2D eigenvalue weighted by Gasteiger charge is 2.24. The standard InChI is InChI=1S/C4H9BN2/c1-6-5-7(2,3)4/h2-4H3/q+1. The summed E-state index contributed by atoms with van der Waals surface area (Å²) in [6.07, 6.45) is 0. The van der Waals surface area contributed by atoms with Crippen molar-refractivity contribution >= 4 is 7.55 Å². The van der Waals surface area contributed by atoms with Gasteiger partial charge in [0.25, 0.3) is 0 Å². The lowest BCUT2D eigenvalue weighted by Gasteiger charge is -2.11. The third-order valence-corrected chi connectivity index (χ3v) is 0.404. The molecule has 0 atom stereocenters. The zero-order valence-electron chi connectivity index (χ0n) is 4.97. The molecule has 0 aromatic heterocycles. The Morgan fingerprint density at radius 3 is 1.86 bits per heavy atom. The van der Waals surface area contributed by atoms with E-state index >= 15 is 0 Å². The van der Waals surface area contributed by atoms with E-state index in [0.29, 0.717) is 4.39 Å². The molecule has 1 radical (unpaired) electrons. The smallest absolute Gasteiger partial charge is 0.353 e. The number of quaternary nitrogens is 1. The fraction of sp³-hybridized carbons (Fsp3) is 0.750. The summed E-state index contributed by atoms with van der Waals surface area (Å²) < 4.78 is 3.72. The molecule has 0 spiro atoms. The molecule has 0 aliphatic rings. The van der Waals surface area contributed by atoms with E-state index in [4.69, 9.17) is 6.57 Å². The van der Waals surface area contributed by atoms with Gasteiger partial charge in [-0.3, -0.25) is 6.57 Å². The molecule has 37 valence electrons. The summed E-state index contributed by atoms with van der Waals surface area (Å²) in [6, 6.07) is 0. The maximum absolute atomic E-state index is 6.41. The average Bonchev–Trinajstić information content (AvgIpc) is 1.30. The molecule has 3 heteroatoms. The first kappa shape index (κ1) is 6.51. The minimum atomic E-state index is 0.615. The topological polar surface area (TPSA) is 4.36 Å². The molecular weight excluding hydrogens is 86.9 g/mol. The van der Waals surface area contributed by atoms with Crippen molar-refractivity contribution in [3.05, 3.63) is 11.3 Å². The van der Waals surface area contributed by atoms with Crippen molar-refractivity contribution in [1.29, 1.82) is 0 Å². The van der Waals surface area contributed by atoms with Crippen LogP contribution in [-0.4, -0.2) is 33.1 Å². The fourth-order valence-corrected chi connectivity index (χ4v) is 0.173. The number of nitrogens with zero attached hydrogens (tertiary/aromatic N) is 2. The van der Waals surface area contributed by atoms with Gasteiger partial charge in [0.05, 0.1) is 21.1 Å². The van der Waals surface area contributed by atoms with Crippen LogP contribution < -0.4 is 0 Å². The lowest BCUT2D eigenvalue weighted by atomic mass is 10.1. The Morgan fingerprint density at radius 1 is 1.43 bits per heavy atom. The Hall–Kier alpha value is -0.485. The Labute approximate surface area is 45.4 Å². The largest absolute Gasteiger partial charge is 0.991 e. The van der Waals surface area contributed by atoms with Crippen molar-refractivity contribution in [1.82, 2.24) is 0 Å². The first-order valence-electron chi connectivity index (χ1n) is 2.08. The van der Waals surface area contributed by atoms with Crippen LogP contribution in [0, 0.1) is 6.57 Å². The molecule has 0 heterocycles. The lowest BCUT2D eigenvalue weighted by molar-refractivity contribution is -0.754. The SMILES string of the molecule is [C-]#[N+][B][N+](C)(C)C. The molecule has 2 nitrogen and oxygen atoms in total. The molecule has 0 amide bonds. The fourth-order valence-electron chi connectivity index (χ4n) is 0.173. The lowest BCUT2D eigenvalue weighted by Crippen LogP contribution is -2.36. The summed E-state index contributed by atoms with van der Waals surface area (Å²) in [5.74, 6) is 0. The molecule has 0 N–H and O–H groups in total. The summed E-state index contributed by atoms with van der Waals surface area (Å²) in [4.78, 5) is 0. The van der Waals surface area contributed by atoms with Gasteiger partial charge in [0.1, 0.15) is 0 Å². The van der Waals surface area contributed by atoms with E-state index in [1.165, 1.54) is 0 Å². The molecule has 0 saturated carbocycles. The van der Waals surface area contributed by atoms with Crippen LogP contribution in [0.4, 0.5) is 0 Å². The normalized spacial score (nSPS) is 10.0.